The van der Waals surface area contributed by atoms with Gasteiger partial charge in [-0.2, -0.15) is 0 Å². The summed E-state index contributed by atoms with van der Waals surface area (Å²) in [6.45, 7) is 0.304. The number of aromatic nitrogens is 2. The fraction of sp³-hybridized carbons (Fsp3) is 0.476. The number of hydrogen-bond acceptors (Lipinski definition) is 5. The highest BCUT2D eigenvalue weighted by Crippen LogP contribution is 2.43. The number of pyridine rings is 2. The van der Waals surface area contributed by atoms with Crippen LogP contribution in [0.4, 0.5) is 10.2 Å². The number of nitrogens with two attached hydrogens (primary N) is 1. The van der Waals surface area contributed by atoms with Gasteiger partial charge in [-0.3, -0.25) is 4.79 Å². The van der Waals surface area contributed by atoms with E-state index in [1.54, 1.807) is 4.57 Å². The molecule has 3 fully saturated rings. The standard InChI is InChI=1S/C21H22ClFN4O3/c22-16(8-24)10-5-12-3-4-13(6-10)27(12)20-17(23)7-14-18(28)15(21(29)30)9-26(11-1-2-11)19(14)25-20/h7,9,11-13H,1-6,8,24H2,(H,29,30). The van der Waals surface area contributed by atoms with Gasteiger partial charge in [-0.1, -0.05) is 17.2 Å². The molecule has 158 valence electrons. The average molecular weight is 433 g/mol. The lowest BCUT2D eigenvalue weighted by molar-refractivity contribution is 0.0695. The number of halogens is 2. The Morgan fingerprint density at radius 1 is 1.23 bits per heavy atom. The predicted molar refractivity (Wildman–Crippen MR) is 112 cm³/mol. The molecule has 0 spiro atoms. The topological polar surface area (TPSA) is 101 Å². The molecule has 7 nitrogen and oxygen atoms in total. The molecule has 2 unspecified atom stereocenters. The highest BCUT2D eigenvalue weighted by Gasteiger charge is 2.41. The second-order valence-electron chi connectivity index (χ2n) is 8.39. The van der Waals surface area contributed by atoms with Crippen molar-refractivity contribution in [2.45, 2.75) is 56.7 Å². The first-order valence-electron chi connectivity index (χ1n) is 10.2. The third-order valence-electron chi connectivity index (χ3n) is 6.50. The monoisotopic (exact) mass is 432 g/mol. The summed E-state index contributed by atoms with van der Waals surface area (Å²) in [6, 6.07) is 1.41. The molecule has 30 heavy (non-hydrogen) atoms. The minimum Gasteiger partial charge on any atom is -0.477 e. The summed E-state index contributed by atoms with van der Waals surface area (Å²) in [5.74, 6) is -1.68. The summed E-state index contributed by atoms with van der Waals surface area (Å²) in [5.41, 5.74) is 6.12. The molecule has 2 bridgehead atoms. The van der Waals surface area contributed by atoms with Gasteiger partial charge < -0.3 is 20.3 Å². The van der Waals surface area contributed by atoms with E-state index in [1.165, 1.54) is 6.20 Å². The molecule has 1 aliphatic carbocycles. The minimum absolute atomic E-state index is 0.0131. The molecule has 2 aromatic heterocycles. The number of carbonyl (C=O) groups is 1. The molecule has 5 rings (SSSR count). The summed E-state index contributed by atoms with van der Waals surface area (Å²) < 4.78 is 16.9. The van der Waals surface area contributed by atoms with Crippen LogP contribution in [0.15, 0.2) is 27.7 Å². The van der Waals surface area contributed by atoms with Crippen molar-refractivity contribution in [2.75, 3.05) is 11.4 Å². The molecule has 2 aliphatic heterocycles. The van der Waals surface area contributed by atoms with Crippen LogP contribution in [-0.4, -0.2) is 39.3 Å². The molecular weight excluding hydrogens is 411 g/mol. The van der Waals surface area contributed by atoms with Gasteiger partial charge in [-0.15, -0.1) is 0 Å². The molecule has 3 aliphatic rings. The van der Waals surface area contributed by atoms with Gasteiger partial charge in [0, 0.05) is 35.9 Å². The predicted octanol–water partition coefficient (Wildman–Crippen LogP) is 3.15. The molecule has 0 aromatic carbocycles. The van der Waals surface area contributed by atoms with Crippen LogP contribution in [0, 0.1) is 5.82 Å². The Morgan fingerprint density at radius 2 is 1.87 bits per heavy atom. The van der Waals surface area contributed by atoms with Crippen molar-refractivity contribution in [1.82, 2.24) is 9.55 Å². The summed E-state index contributed by atoms with van der Waals surface area (Å²) >= 11 is 6.29. The molecule has 1 saturated carbocycles. The Morgan fingerprint density at radius 3 is 2.43 bits per heavy atom. The van der Waals surface area contributed by atoms with Crippen molar-refractivity contribution < 1.29 is 14.3 Å². The van der Waals surface area contributed by atoms with Crippen molar-refractivity contribution in [2.24, 2.45) is 5.73 Å². The summed E-state index contributed by atoms with van der Waals surface area (Å²) in [6.07, 6.45) is 6.38. The minimum atomic E-state index is -1.31. The Bertz CT molecular complexity index is 1140. The summed E-state index contributed by atoms with van der Waals surface area (Å²) in [5, 5.41) is 10.1. The van der Waals surface area contributed by atoms with Crippen molar-refractivity contribution >= 4 is 34.4 Å². The number of fused-ring (bicyclic) bond motifs is 3. The van der Waals surface area contributed by atoms with Crippen LogP contribution < -0.4 is 16.1 Å². The molecule has 0 radical (unpaired) electrons. The van der Waals surface area contributed by atoms with Crippen molar-refractivity contribution in [3.05, 3.63) is 44.5 Å². The van der Waals surface area contributed by atoms with Crippen molar-refractivity contribution in [3.63, 3.8) is 0 Å². The van der Waals surface area contributed by atoms with Crippen LogP contribution in [0.25, 0.3) is 11.0 Å². The highest BCUT2D eigenvalue weighted by atomic mass is 35.5. The van der Waals surface area contributed by atoms with Crippen molar-refractivity contribution in [3.8, 4) is 0 Å². The maximum absolute atomic E-state index is 15.2. The van der Waals surface area contributed by atoms with Gasteiger partial charge in [0.15, 0.2) is 11.6 Å². The van der Waals surface area contributed by atoms with E-state index >= 15 is 4.39 Å². The van der Waals surface area contributed by atoms with Gasteiger partial charge in [0.2, 0.25) is 5.43 Å². The fourth-order valence-corrected chi connectivity index (χ4v) is 5.08. The number of rotatable bonds is 4. The number of piperidine rings is 1. The van der Waals surface area contributed by atoms with Gasteiger partial charge in [0.1, 0.15) is 11.2 Å². The maximum atomic E-state index is 15.2. The van der Waals surface area contributed by atoms with Crippen LogP contribution in [0.3, 0.4) is 0 Å². The first-order chi connectivity index (χ1) is 14.4. The number of aromatic carboxylic acids is 1. The molecule has 2 atom stereocenters. The normalized spacial score (nSPS) is 23.3. The largest absolute Gasteiger partial charge is 0.477 e. The number of hydrogen-bond donors (Lipinski definition) is 2. The van der Waals surface area contributed by atoms with E-state index < -0.39 is 17.2 Å². The number of carboxylic acids is 1. The SMILES string of the molecule is NCC(Cl)=C1CC2CCC(C1)N2c1nc2c(cc1F)c(=O)c(C(=O)O)cn2C1CC1. The Balaban J connectivity index is 1.64. The Labute approximate surface area is 176 Å². The molecule has 4 heterocycles. The van der Waals surface area contributed by atoms with Crippen LogP contribution in [0.5, 0.6) is 0 Å². The van der Waals surface area contributed by atoms with Gasteiger partial charge in [-0.05, 0) is 44.6 Å². The first-order valence-corrected chi connectivity index (χ1v) is 10.6. The highest BCUT2D eigenvalue weighted by molar-refractivity contribution is 6.30. The second-order valence-corrected chi connectivity index (χ2v) is 8.85. The molecule has 3 N–H and O–H groups in total. The van der Waals surface area contributed by atoms with Gasteiger partial charge in [-0.25, -0.2) is 14.2 Å². The van der Waals surface area contributed by atoms with E-state index in [1.807, 2.05) is 4.90 Å². The number of anilines is 1. The van der Waals surface area contributed by atoms with Gasteiger partial charge in [0.25, 0.3) is 0 Å². The zero-order valence-electron chi connectivity index (χ0n) is 16.3. The van der Waals surface area contributed by atoms with Crippen LogP contribution in [0.1, 0.15) is 54.9 Å². The maximum Gasteiger partial charge on any atom is 0.341 e. The number of carboxylic acid groups (broad SMARTS) is 1. The van der Waals surface area contributed by atoms with E-state index in [4.69, 9.17) is 17.3 Å². The quantitative estimate of drug-likeness (QED) is 0.769. The van der Waals surface area contributed by atoms with Gasteiger partial charge in [0.05, 0.1) is 5.39 Å². The molecule has 0 amide bonds. The van der Waals surface area contributed by atoms with E-state index in [-0.39, 0.29) is 34.9 Å². The van der Waals surface area contributed by atoms with Crippen LogP contribution in [0.2, 0.25) is 0 Å². The van der Waals surface area contributed by atoms with Crippen LogP contribution in [-0.2, 0) is 0 Å². The zero-order chi connectivity index (χ0) is 21.2. The summed E-state index contributed by atoms with van der Waals surface area (Å²) in [4.78, 5) is 30.8. The average Bonchev–Trinajstić information content (AvgIpc) is 3.53. The lowest BCUT2D eigenvalue weighted by Crippen LogP contribution is -2.42. The fourth-order valence-electron chi connectivity index (χ4n) is 4.93. The third-order valence-corrected chi connectivity index (χ3v) is 6.92. The lowest BCUT2D eigenvalue weighted by atomic mass is 9.96. The molecular formula is C21H22ClFN4O3. The molecule has 2 saturated heterocycles. The van der Waals surface area contributed by atoms with Crippen LogP contribution >= 0.6 is 11.6 Å². The van der Waals surface area contributed by atoms with Crippen molar-refractivity contribution in [1.29, 1.82) is 0 Å². The van der Waals surface area contributed by atoms with E-state index in [9.17, 15) is 14.7 Å². The molecule has 2 aromatic rings. The van der Waals surface area contributed by atoms with E-state index in [0.29, 0.717) is 17.2 Å². The zero-order valence-corrected chi connectivity index (χ0v) is 17.0. The Hall–Kier alpha value is -2.45. The van der Waals surface area contributed by atoms with Gasteiger partial charge >= 0.3 is 5.97 Å². The van der Waals surface area contributed by atoms with E-state index in [2.05, 4.69) is 4.98 Å². The second kappa shape index (κ2) is 7.06. The first kappa shape index (κ1) is 19.5. The lowest BCUT2D eigenvalue weighted by Gasteiger charge is -2.37. The third kappa shape index (κ3) is 3.01. The number of nitrogens with zero attached hydrogens (tertiary/aromatic N) is 3. The van der Waals surface area contributed by atoms with E-state index in [0.717, 1.165) is 50.2 Å². The molecule has 9 heteroatoms. The smallest absolute Gasteiger partial charge is 0.341 e. The Kier molecular flexibility index (Phi) is 4.59. The summed E-state index contributed by atoms with van der Waals surface area (Å²) in [7, 11) is 0.